The molecule has 2 aromatic carbocycles. The first-order valence-electron chi connectivity index (χ1n) is 10.2. The van der Waals surface area contributed by atoms with Gasteiger partial charge in [-0.15, -0.1) is 0 Å². The first kappa shape index (κ1) is 22.9. The fraction of sp³-hybridized carbons (Fsp3) is 0.304. The smallest absolute Gasteiger partial charge is 0.387 e. The van der Waals surface area contributed by atoms with Gasteiger partial charge in [-0.05, 0) is 67.6 Å². The fourth-order valence-corrected chi connectivity index (χ4v) is 4.15. The minimum atomic E-state index is -2.91. The number of rotatable bonds is 8. The van der Waals surface area contributed by atoms with Crippen LogP contribution >= 0.6 is 12.2 Å². The number of methoxy groups -OCH3 is 2. The molecule has 0 amide bonds. The number of benzene rings is 2. The predicted octanol–water partition coefficient (Wildman–Crippen LogP) is 5.04. The lowest BCUT2D eigenvalue weighted by Crippen LogP contribution is -2.22. The number of pyridine rings is 1. The minimum absolute atomic E-state index is 0.000788. The van der Waals surface area contributed by atoms with E-state index in [1.165, 1.54) is 13.2 Å². The molecule has 0 aliphatic carbocycles. The molecule has 0 radical (unpaired) electrons. The van der Waals surface area contributed by atoms with Crippen LogP contribution in [0.2, 0.25) is 0 Å². The molecule has 2 heterocycles. The van der Waals surface area contributed by atoms with E-state index in [1.807, 2.05) is 47.5 Å². The molecular formula is C23H24F2N4O3S. The van der Waals surface area contributed by atoms with Crippen LogP contribution in [-0.4, -0.2) is 47.0 Å². The quantitative estimate of drug-likeness (QED) is 0.334. The number of ether oxygens (including phenoxy) is 3. The molecule has 0 saturated heterocycles. The summed E-state index contributed by atoms with van der Waals surface area (Å²) in [5, 5.41) is 5.78. The van der Waals surface area contributed by atoms with Gasteiger partial charge in [0.25, 0.3) is 0 Å². The van der Waals surface area contributed by atoms with E-state index in [2.05, 4.69) is 4.74 Å². The Hall–Kier alpha value is -3.24. The van der Waals surface area contributed by atoms with Crippen LogP contribution in [-0.2, 0) is 13.2 Å². The van der Waals surface area contributed by atoms with Crippen molar-refractivity contribution in [2.24, 2.45) is 0 Å². The predicted molar refractivity (Wildman–Crippen MR) is 124 cm³/mol. The van der Waals surface area contributed by atoms with Crippen molar-refractivity contribution in [3.8, 4) is 17.2 Å². The van der Waals surface area contributed by atoms with Crippen LogP contribution in [0.1, 0.15) is 11.1 Å². The number of hydrogen-bond donors (Lipinski definition) is 0. The van der Waals surface area contributed by atoms with Crippen LogP contribution in [0.4, 0.5) is 8.78 Å². The molecule has 0 bridgehead atoms. The zero-order chi connectivity index (χ0) is 23.7. The third-order valence-electron chi connectivity index (χ3n) is 5.35. The van der Waals surface area contributed by atoms with Gasteiger partial charge in [0.05, 0.1) is 26.4 Å². The average molecular weight is 475 g/mol. The monoisotopic (exact) mass is 474 g/mol. The number of nitrogens with zero attached hydrogens (tertiary/aromatic N) is 4. The van der Waals surface area contributed by atoms with Crippen molar-refractivity contribution < 1.29 is 23.0 Å². The zero-order valence-electron chi connectivity index (χ0n) is 18.7. The molecule has 4 rings (SSSR count). The molecule has 33 heavy (non-hydrogen) atoms. The Morgan fingerprint density at radius 2 is 1.85 bits per heavy atom. The third-order valence-corrected chi connectivity index (χ3v) is 5.75. The highest BCUT2D eigenvalue weighted by molar-refractivity contribution is 7.71. The van der Waals surface area contributed by atoms with Gasteiger partial charge in [0, 0.05) is 18.0 Å². The molecule has 4 aromatic rings. The average Bonchev–Trinajstić information content (AvgIpc) is 3.08. The maximum atomic E-state index is 12.6. The summed E-state index contributed by atoms with van der Waals surface area (Å²) < 4.78 is 44.5. The van der Waals surface area contributed by atoms with E-state index >= 15 is 0 Å². The second-order valence-electron chi connectivity index (χ2n) is 7.71. The Kier molecular flexibility index (Phi) is 6.48. The van der Waals surface area contributed by atoms with Gasteiger partial charge < -0.3 is 14.2 Å². The van der Waals surface area contributed by atoms with Crippen molar-refractivity contribution in [3.05, 3.63) is 58.4 Å². The van der Waals surface area contributed by atoms with Gasteiger partial charge in [0.15, 0.2) is 17.1 Å². The summed E-state index contributed by atoms with van der Waals surface area (Å²) in [5.74, 6) is 0.995. The van der Waals surface area contributed by atoms with E-state index < -0.39 is 6.61 Å². The summed E-state index contributed by atoms with van der Waals surface area (Å²) in [5.41, 5.74) is 3.65. The summed E-state index contributed by atoms with van der Waals surface area (Å²) in [4.78, 5) is 2.01. The number of aryl methyl sites for hydroxylation is 1. The standard InChI is InChI=1S/C23H24F2N4O3S/c1-14-9-21-26-28(23(33)29(21)18-11-16(30-3)6-7-17(14)18)13-27(2)12-15-5-8-19(32-22(24)25)20(10-15)31-4/h5-11,22H,12-13H2,1-4H3. The van der Waals surface area contributed by atoms with E-state index in [9.17, 15) is 8.78 Å². The summed E-state index contributed by atoms with van der Waals surface area (Å²) in [6.07, 6.45) is 0. The Morgan fingerprint density at radius 3 is 2.55 bits per heavy atom. The van der Waals surface area contributed by atoms with E-state index in [0.717, 1.165) is 33.4 Å². The van der Waals surface area contributed by atoms with Gasteiger partial charge in [0.2, 0.25) is 4.77 Å². The molecule has 2 aromatic heterocycles. The van der Waals surface area contributed by atoms with Crippen molar-refractivity contribution in [3.63, 3.8) is 0 Å². The van der Waals surface area contributed by atoms with Crippen LogP contribution in [0.3, 0.4) is 0 Å². The largest absolute Gasteiger partial charge is 0.497 e. The highest BCUT2D eigenvalue weighted by Gasteiger charge is 2.14. The van der Waals surface area contributed by atoms with Gasteiger partial charge in [-0.2, -0.15) is 13.9 Å². The number of alkyl halides is 2. The fourth-order valence-electron chi connectivity index (χ4n) is 3.86. The van der Waals surface area contributed by atoms with Crippen molar-refractivity contribution in [1.82, 2.24) is 19.1 Å². The third kappa shape index (κ3) is 4.62. The summed E-state index contributed by atoms with van der Waals surface area (Å²) in [7, 11) is 4.97. The molecule has 0 unspecified atom stereocenters. The molecule has 0 atom stereocenters. The number of hydrogen-bond acceptors (Lipinski definition) is 6. The number of aromatic nitrogens is 3. The molecule has 0 aliphatic rings. The SMILES string of the molecule is COc1ccc2c(C)cc3nn(CN(C)Cc4ccc(OC(F)F)c(OC)c4)c(=S)n3c2c1. The highest BCUT2D eigenvalue weighted by Crippen LogP contribution is 2.30. The summed E-state index contributed by atoms with van der Waals surface area (Å²) in [6.45, 7) is 0.0821. The van der Waals surface area contributed by atoms with Gasteiger partial charge in [-0.3, -0.25) is 9.30 Å². The lowest BCUT2D eigenvalue weighted by atomic mass is 10.1. The highest BCUT2D eigenvalue weighted by atomic mass is 32.1. The molecule has 10 heteroatoms. The van der Waals surface area contributed by atoms with Crippen molar-refractivity contribution in [2.45, 2.75) is 26.7 Å². The maximum absolute atomic E-state index is 12.6. The molecule has 0 fully saturated rings. The Balaban J connectivity index is 1.62. The van der Waals surface area contributed by atoms with Crippen molar-refractivity contribution in [2.75, 3.05) is 21.3 Å². The van der Waals surface area contributed by atoms with E-state index in [0.29, 0.717) is 18.0 Å². The van der Waals surface area contributed by atoms with Crippen LogP contribution < -0.4 is 14.2 Å². The summed E-state index contributed by atoms with van der Waals surface area (Å²) in [6, 6.07) is 12.8. The van der Waals surface area contributed by atoms with Gasteiger partial charge >= 0.3 is 6.61 Å². The van der Waals surface area contributed by atoms with Gasteiger partial charge in [-0.1, -0.05) is 6.07 Å². The molecule has 0 spiro atoms. The second-order valence-corrected chi connectivity index (χ2v) is 8.07. The lowest BCUT2D eigenvalue weighted by molar-refractivity contribution is -0.0512. The Labute approximate surface area is 194 Å². The Morgan fingerprint density at radius 1 is 1.06 bits per heavy atom. The van der Waals surface area contributed by atoms with Crippen LogP contribution in [0, 0.1) is 11.7 Å². The minimum Gasteiger partial charge on any atom is -0.497 e. The first-order chi connectivity index (χ1) is 15.8. The molecular weight excluding hydrogens is 450 g/mol. The molecule has 174 valence electrons. The van der Waals surface area contributed by atoms with Crippen LogP contribution in [0.5, 0.6) is 17.2 Å². The van der Waals surface area contributed by atoms with Gasteiger partial charge in [-0.25, -0.2) is 4.68 Å². The van der Waals surface area contributed by atoms with Crippen molar-refractivity contribution >= 4 is 28.8 Å². The summed E-state index contributed by atoms with van der Waals surface area (Å²) >= 11 is 5.75. The topological polar surface area (TPSA) is 53.2 Å². The number of fused-ring (bicyclic) bond motifs is 3. The maximum Gasteiger partial charge on any atom is 0.387 e. The van der Waals surface area contributed by atoms with E-state index in [4.69, 9.17) is 26.8 Å². The Bertz CT molecular complexity index is 1370. The molecule has 0 aliphatic heterocycles. The zero-order valence-corrected chi connectivity index (χ0v) is 19.5. The van der Waals surface area contributed by atoms with Gasteiger partial charge in [0.1, 0.15) is 5.75 Å². The number of halogens is 2. The van der Waals surface area contributed by atoms with E-state index in [-0.39, 0.29) is 11.5 Å². The van der Waals surface area contributed by atoms with Crippen LogP contribution in [0.15, 0.2) is 42.5 Å². The van der Waals surface area contributed by atoms with Crippen molar-refractivity contribution in [1.29, 1.82) is 0 Å². The molecule has 7 nitrogen and oxygen atoms in total. The molecule has 0 N–H and O–H groups in total. The van der Waals surface area contributed by atoms with Crippen LogP contribution in [0.25, 0.3) is 16.6 Å². The van der Waals surface area contributed by atoms with E-state index in [1.54, 1.807) is 23.9 Å². The first-order valence-corrected chi connectivity index (χ1v) is 10.6. The second kappa shape index (κ2) is 9.32. The molecule has 0 saturated carbocycles. The normalized spacial score (nSPS) is 11.6. The lowest BCUT2D eigenvalue weighted by Gasteiger charge is -2.18.